The Morgan fingerprint density at radius 2 is 1.31 bits per heavy atom. The van der Waals surface area contributed by atoms with Crippen LogP contribution in [0.1, 0.15) is 30.9 Å². The molecule has 0 bridgehead atoms. The molecule has 210 valence electrons. The zero-order valence-corrected chi connectivity index (χ0v) is 21.9. The zero-order valence-electron chi connectivity index (χ0n) is 21.9. The van der Waals surface area contributed by atoms with Crippen LogP contribution >= 0.6 is 0 Å². The Hall–Kier alpha value is -4.45. The molecule has 0 aliphatic heterocycles. The summed E-state index contributed by atoms with van der Waals surface area (Å²) in [6.07, 6.45) is 0.890. The third-order valence-electron chi connectivity index (χ3n) is 5.86. The van der Waals surface area contributed by atoms with Crippen molar-refractivity contribution < 1.29 is 24.3 Å². The molecular formula is C27H37N7O5. The number of nitrogens with one attached hydrogen (secondary N) is 3. The second kappa shape index (κ2) is 15.7. The van der Waals surface area contributed by atoms with E-state index in [-0.39, 0.29) is 31.8 Å². The fraction of sp³-hybridized carbons (Fsp3) is 0.370. The molecule has 0 aliphatic carbocycles. The van der Waals surface area contributed by atoms with E-state index in [4.69, 9.17) is 17.2 Å². The molecule has 0 aromatic heterocycles. The number of aliphatic imine (C=N–C) groups is 1. The number of hydrogen-bond acceptors (Lipinski definition) is 6. The van der Waals surface area contributed by atoms with Crippen molar-refractivity contribution in [2.75, 3.05) is 6.54 Å². The second-order valence-corrected chi connectivity index (χ2v) is 9.13. The van der Waals surface area contributed by atoms with Gasteiger partial charge in [-0.3, -0.25) is 24.2 Å². The number of amides is 3. The largest absolute Gasteiger partial charge is 0.480 e. The van der Waals surface area contributed by atoms with Gasteiger partial charge in [0.15, 0.2) is 5.96 Å². The first-order valence-electron chi connectivity index (χ1n) is 12.6. The molecule has 0 heterocycles. The van der Waals surface area contributed by atoms with Crippen molar-refractivity contribution in [2.24, 2.45) is 22.2 Å². The summed E-state index contributed by atoms with van der Waals surface area (Å²) in [5, 5.41) is 16.9. The van der Waals surface area contributed by atoms with Crippen LogP contribution in [0, 0.1) is 0 Å². The maximum Gasteiger partial charge on any atom is 0.325 e. The number of hydrogen-bond donors (Lipinski definition) is 7. The van der Waals surface area contributed by atoms with E-state index in [0.29, 0.717) is 6.42 Å². The van der Waals surface area contributed by atoms with Crippen molar-refractivity contribution in [3.63, 3.8) is 0 Å². The maximum atomic E-state index is 13.4. The molecule has 2 rings (SSSR count). The molecule has 2 aromatic rings. The number of rotatable bonds is 15. The van der Waals surface area contributed by atoms with Crippen LogP contribution in [0.2, 0.25) is 0 Å². The van der Waals surface area contributed by atoms with Crippen molar-refractivity contribution in [3.05, 3.63) is 71.8 Å². The van der Waals surface area contributed by atoms with Gasteiger partial charge < -0.3 is 38.3 Å². The van der Waals surface area contributed by atoms with E-state index in [1.54, 1.807) is 24.3 Å². The molecule has 4 atom stereocenters. The molecule has 0 aliphatic rings. The number of aliphatic carboxylic acids is 1. The highest BCUT2D eigenvalue weighted by atomic mass is 16.4. The smallest absolute Gasteiger partial charge is 0.325 e. The summed E-state index contributed by atoms with van der Waals surface area (Å²) < 4.78 is 0. The Bertz CT molecular complexity index is 1120. The van der Waals surface area contributed by atoms with E-state index in [2.05, 4.69) is 20.9 Å². The summed E-state index contributed by atoms with van der Waals surface area (Å²) in [7, 11) is 0. The molecule has 2 aromatic carbocycles. The van der Waals surface area contributed by atoms with Crippen LogP contribution in [0.4, 0.5) is 0 Å². The first-order valence-corrected chi connectivity index (χ1v) is 12.6. The minimum Gasteiger partial charge on any atom is -0.480 e. The molecule has 12 heteroatoms. The average Bonchev–Trinajstić information content (AvgIpc) is 2.90. The molecule has 12 nitrogen and oxygen atoms in total. The molecular weight excluding hydrogens is 502 g/mol. The lowest BCUT2D eigenvalue weighted by Gasteiger charge is -2.25. The van der Waals surface area contributed by atoms with Gasteiger partial charge in [0.1, 0.15) is 18.1 Å². The van der Waals surface area contributed by atoms with Crippen molar-refractivity contribution in [1.29, 1.82) is 0 Å². The van der Waals surface area contributed by atoms with Gasteiger partial charge >= 0.3 is 5.97 Å². The van der Waals surface area contributed by atoms with Crippen molar-refractivity contribution in [2.45, 2.75) is 56.8 Å². The second-order valence-electron chi connectivity index (χ2n) is 9.13. The van der Waals surface area contributed by atoms with Crippen LogP contribution in [0.5, 0.6) is 0 Å². The van der Waals surface area contributed by atoms with E-state index in [1.807, 2.05) is 36.4 Å². The van der Waals surface area contributed by atoms with Crippen LogP contribution in [-0.2, 0) is 32.0 Å². The SMILES string of the molecule is CC(NC(=O)C(Cc1ccccc1)NC(=O)C(CCCN=C(N)N)NC(=O)C(N)Cc1ccccc1)C(=O)O. The summed E-state index contributed by atoms with van der Waals surface area (Å²) >= 11 is 0. The number of nitrogens with zero attached hydrogens (tertiary/aromatic N) is 1. The monoisotopic (exact) mass is 539 g/mol. The molecule has 39 heavy (non-hydrogen) atoms. The molecule has 0 fully saturated rings. The van der Waals surface area contributed by atoms with Crippen molar-refractivity contribution in [1.82, 2.24) is 16.0 Å². The summed E-state index contributed by atoms with van der Waals surface area (Å²) in [6, 6.07) is 13.9. The molecule has 0 radical (unpaired) electrons. The third kappa shape index (κ3) is 11.2. The van der Waals surface area contributed by atoms with E-state index in [0.717, 1.165) is 11.1 Å². The van der Waals surface area contributed by atoms with Crippen LogP contribution < -0.4 is 33.2 Å². The minimum absolute atomic E-state index is 0.0999. The van der Waals surface area contributed by atoms with Crippen LogP contribution in [-0.4, -0.2) is 65.5 Å². The lowest BCUT2D eigenvalue weighted by Crippen LogP contribution is -2.57. The highest BCUT2D eigenvalue weighted by Gasteiger charge is 2.29. The number of carbonyl (C=O) groups is 4. The lowest BCUT2D eigenvalue weighted by atomic mass is 10.0. The minimum atomic E-state index is -1.22. The van der Waals surface area contributed by atoms with Gasteiger partial charge in [-0.2, -0.15) is 0 Å². The quantitative estimate of drug-likeness (QED) is 0.0880. The van der Waals surface area contributed by atoms with Gasteiger partial charge in [-0.15, -0.1) is 0 Å². The Kier molecular flexibility index (Phi) is 12.4. The molecule has 0 spiro atoms. The Morgan fingerprint density at radius 1 is 0.795 bits per heavy atom. The number of benzene rings is 2. The fourth-order valence-electron chi connectivity index (χ4n) is 3.72. The first kappa shape index (κ1) is 30.8. The van der Waals surface area contributed by atoms with Crippen LogP contribution in [0.3, 0.4) is 0 Å². The predicted molar refractivity (Wildman–Crippen MR) is 147 cm³/mol. The molecule has 4 unspecified atom stereocenters. The molecule has 10 N–H and O–H groups in total. The molecule has 3 amide bonds. The van der Waals surface area contributed by atoms with Gasteiger partial charge in [-0.1, -0.05) is 60.7 Å². The van der Waals surface area contributed by atoms with E-state index >= 15 is 0 Å². The summed E-state index contributed by atoms with van der Waals surface area (Å²) in [4.78, 5) is 54.4. The first-order chi connectivity index (χ1) is 18.6. The number of carboxylic acids is 1. The van der Waals surface area contributed by atoms with Gasteiger partial charge in [-0.25, -0.2) is 0 Å². The van der Waals surface area contributed by atoms with Gasteiger partial charge in [0.2, 0.25) is 17.7 Å². The topological polar surface area (TPSA) is 215 Å². The van der Waals surface area contributed by atoms with E-state index in [1.165, 1.54) is 6.92 Å². The standard InChI is InChI=1S/C27H37N7O5/c1-17(26(38)39)32-25(37)22(16-19-11-6-3-7-12-19)34-24(36)21(13-8-14-31-27(29)30)33-23(35)20(28)15-18-9-4-2-5-10-18/h2-7,9-12,17,20-22H,8,13-16,28H2,1H3,(H,32,37)(H,33,35)(H,34,36)(H,38,39)(H4,29,30,31). The maximum absolute atomic E-state index is 13.4. The van der Waals surface area contributed by atoms with Crippen LogP contribution in [0.15, 0.2) is 65.7 Å². The number of nitrogens with two attached hydrogens (primary N) is 3. The highest BCUT2D eigenvalue weighted by Crippen LogP contribution is 2.07. The summed E-state index contributed by atoms with van der Waals surface area (Å²) in [6.45, 7) is 1.55. The Balaban J connectivity index is 2.19. The van der Waals surface area contributed by atoms with Gasteiger partial charge in [0.05, 0.1) is 6.04 Å². The zero-order chi connectivity index (χ0) is 28.8. The van der Waals surface area contributed by atoms with Crippen molar-refractivity contribution in [3.8, 4) is 0 Å². The average molecular weight is 540 g/mol. The normalized spacial score (nSPS) is 13.7. The van der Waals surface area contributed by atoms with E-state index < -0.39 is 47.9 Å². The van der Waals surface area contributed by atoms with E-state index in [9.17, 15) is 24.3 Å². The third-order valence-corrected chi connectivity index (χ3v) is 5.86. The number of carbonyl (C=O) groups excluding carboxylic acids is 3. The summed E-state index contributed by atoms with van der Waals surface area (Å²) in [5.74, 6) is -3.15. The Morgan fingerprint density at radius 3 is 1.85 bits per heavy atom. The fourth-order valence-corrected chi connectivity index (χ4v) is 3.72. The van der Waals surface area contributed by atoms with Gasteiger partial charge in [0, 0.05) is 13.0 Å². The van der Waals surface area contributed by atoms with Gasteiger partial charge in [0.25, 0.3) is 0 Å². The van der Waals surface area contributed by atoms with Gasteiger partial charge in [-0.05, 0) is 37.3 Å². The predicted octanol–water partition coefficient (Wildman–Crippen LogP) is -0.588. The summed E-state index contributed by atoms with van der Waals surface area (Å²) in [5.41, 5.74) is 18.5. The number of guanidine groups is 1. The molecule has 0 saturated heterocycles. The highest BCUT2D eigenvalue weighted by molar-refractivity contribution is 5.94. The number of carboxylic acid groups (broad SMARTS) is 1. The molecule has 0 saturated carbocycles. The van der Waals surface area contributed by atoms with Crippen molar-refractivity contribution >= 4 is 29.7 Å². The Labute approximate surface area is 227 Å². The lowest BCUT2D eigenvalue weighted by molar-refractivity contribution is -0.141. The van der Waals surface area contributed by atoms with Crippen LogP contribution in [0.25, 0.3) is 0 Å².